The highest BCUT2D eigenvalue weighted by Crippen LogP contribution is 2.57. The molecule has 3 aromatic carbocycles. The van der Waals surface area contributed by atoms with E-state index in [0.717, 1.165) is 24.8 Å². The van der Waals surface area contributed by atoms with E-state index in [1.165, 1.54) is 0 Å². The lowest BCUT2D eigenvalue weighted by Crippen LogP contribution is -2.67. The van der Waals surface area contributed by atoms with Crippen LogP contribution in [0.1, 0.15) is 35.2 Å². The van der Waals surface area contributed by atoms with E-state index < -0.39 is 10.0 Å². The Bertz CT molecular complexity index is 1230. The van der Waals surface area contributed by atoms with E-state index in [2.05, 4.69) is 10.0 Å². The van der Waals surface area contributed by atoms with Crippen LogP contribution in [0.4, 0.5) is 5.69 Å². The van der Waals surface area contributed by atoms with Crippen molar-refractivity contribution in [3.05, 3.63) is 71.8 Å². The number of sulfonamides is 1. The van der Waals surface area contributed by atoms with Crippen molar-refractivity contribution in [1.29, 1.82) is 0 Å². The molecule has 3 aromatic rings. The van der Waals surface area contributed by atoms with Crippen molar-refractivity contribution in [2.75, 3.05) is 5.32 Å². The van der Waals surface area contributed by atoms with E-state index >= 15 is 0 Å². The van der Waals surface area contributed by atoms with Gasteiger partial charge in [-0.2, -0.15) is 0 Å². The second kappa shape index (κ2) is 6.40. The third-order valence-electron chi connectivity index (χ3n) is 6.20. The number of anilines is 1. The Morgan fingerprint density at radius 2 is 1.59 bits per heavy atom. The van der Waals surface area contributed by atoms with Gasteiger partial charge in [0.25, 0.3) is 5.91 Å². The largest absolute Gasteiger partial charge is 0.321 e. The molecular formula is C23H22N2O3S. The summed E-state index contributed by atoms with van der Waals surface area (Å²) in [4.78, 5) is 13.0. The van der Waals surface area contributed by atoms with Crippen LogP contribution in [0.25, 0.3) is 10.8 Å². The van der Waals surface area contributed by atoms with E-state index in [4.69, 9.17) is 0 Å². The molecule has 0 heterocycles. The number of hydrogen-bond acceptors (Lipinski definition) is 3. The highest BCUT2D eigenvalue weighted by molar-refractivity contribution is 7.89. The van der Waals surface area contributed by atoms with Gasteiger partial charge < -0.3 is 5.32 Å². The number of rotatable bonds is 5. The summed E-state index contributed by atoms with van der Waals surface area (Å²) < 4.78 is 29.1. The Morgan fingerprint density at radius 3 is 2.24 bits per heavy atom. The fraction of sp³-hybridized carbons (Fsp3) is 0.261. The van der Waals surface area contributed by atoms with Crippen LogP contribution >= 0.6 is 0 Å². The van der Waals surface area contributed by atoms with Gasteiger partial charge in [0, 0.05) is 27.6 Å². The number of benzene rings is 3. The summed E-state index contributed by atoms with van der Waals surface area (Å²) in [7, 11) is -3.63. The van der Waals surface area contributed by atoms with Gasteiger partial charge in [-0.1, -0.05) is 42.5 Å². The lowest BCUT2D eigenvalue weighted by Gasteiger charge is -2.61. The minimum absolute atomic E-state index is 0.212. The molecule has 148 valence electrons. The topological polar surface area (TPSA) is 75.3 Å². The fourth-order valence-corrected chi connectivity index (χ4v) is 6.22. The summed E-state index contributed by atoms with van der Waals surface area (Å²) >= 11 is 0. The van der Waals surface area contributed by atoms with E-state index in [1.54, 1.807) is 24.3 Å². The number of carbonyl (C=O) groups is 1. The highest BCUT2D eigenvalue weighted by atomic mass is 32.2. The van der Waals surface area contributed by atoms with Gasteiger partial charge in [-0.3, -0.25) is 4.79 Å². The van der Waals surface area contributed by atoms with Crippen LogP contribution in [0.2, 0.25) is 0 Å². The molecule has 0 atom stereocenters. The third-order valence-corrected chi connectivity index (χ3v) is 7.84. The minimum Gasteiger partial charge on any atom is -0.321 e. The standard InChI is InChI=1S/C23H22N2O3S/c1-15-6-2-3-7-17(15)22(26)24-20-10-11-21(19-9-5-4-8-18(19)20)29(27,28)25-23-12-16(13-23)14-23/h2-11,16,25H,12-14H2,1H3,(H,24,26). The molecule has 6 rings (SSSR count). The number of fused-ring (bicyclic) bond motifs is 1. The van der Waals surface area contributed by atoms with E-state index in [9.17, 15) is 13.2 Å². The van der Waals surface area contributed by atoms with Crippen molar-refractivity contribution < 1.29 is 13.2 Å². The van der Waals surface area contributed by atoms with E-state index in [1.807, 2.05) is 43.3 Å². The maximum absolute atomic E-state index is 13.1. The van der Waals surface area contributed by atoms with Crippen molar-refractivity contribution in [2.24, 2.45) is 5.92 Å². The van der Waals surface area contributed by atoms with Crippen LogP contribution in [0, 0.1) is 12.8 Å². The quantitative estimate of drug-likeness (QED) is 0.666. The first-order valence-electron chi connectivity index (χ1n) is 9.80. The summed E-state index contributed by atoms with van der Waals surface area (Å²) in [5, 5.41) is 4.25. The molecule has 0 unspecified atom stereocenters. The summed E-state index contributed by atoms with van der Waals surface area (Å²) in [5.74, 6) is 0.476. The van der Waals surface area contributed by atoms with Gasteiger partial charge in [0.15, 0.2) is 0 Å². The molecule has 0 spiro atoms. The second-order valence-electron chi connectivity index (χ2n) is 8.29. The highest BCUT2D eigenvalue weighted by Gasteiger charge is 2.58. The summed E-state index contributed by atoms with van der Waals surface area (Å²) in [6.07, 6.45) is 2.82. The lowest BCUT2D eigenvalue weighted by molar-refractivity contribution is -0.0317. The molecule has 1 amide bonds. The van der Waals surface area contributed by atoms with Gasteiger partial charge in [-0.25, -0.2) is 13.1 Å². The smallest absolute Gasteiger partial charge is 0.255 e. The minimum atomic E-state index is -3.63. The third kappa shape index (κ3) is 3.03. The SMILES string of the molecule is Cc1ccccc1C(=O)Nc1ccc(S(=O)(=O)NC23CC(C2)C3)c2ccccc12. The van der Waals surface area contributed by atoms with Crippen LogP contribution in [0.5, 0.6) is 0 Å². The van der Waals surface area contributed by atoms with Crippen LogP contribution < -0.4 is 10.0 Å². The Morgan fingerprint density at radius 1 is 0.931 bits per heavy atom. The number of hydrogen-bond donors (Lipinski definition) is 2. The zero-order chi connectivity index (χ0) is 20.2. The van der Waals surface area contributed by atoms with Gasteiger partial charge >= 0.3 is 0 Å². The van der Waals surface area contributed by atoms with Crippen molar-refractivity contribution in [3.8, 4) is 0 Å². The van der Waals surface area contributed by atoms with Gasteiger partial charge in [0.2, 0.25) is 10.0 Å². The van der Waals surface area contributed by atoms with Gasteiger partial charge in [-0.05, 0) is 55.9 Å². The molecule has 2 N–H and O–H groups in total. The molecule has 3 saturated carbocycles. The van der Waals surface area contributed by atoms with Crippen LogP contribution in [0.15, 0.2) is 65.6 Å². The van der Waals surface area contributed by atoms with Crippen LogP contribution in [-0.4, -0.2) is 19.9 Å². The zero-order valence-electron chi connectivity index (χ0n) is 16.1. The fourth-order valence-electron chi connectivity index (χ4n) is 4.58. The molecule has 0 aliphatic heterocycles. The Kier molecular flexibility index (Phi) is 4.05. The molecule has 5 nitrogen and oxygen atoms in total. The molecular weight excluding hydrogens is 384 g/mol. The normalized spacial score (nSPS) is 22.6. The molecule has 3 aliphatic rings. The molecule has 3 aliphatic carbocycles. The van der Waals surface area contributed by atoms with Crippen molar-refractivity contribution in [2.45, 2.75) is 36.6 Å². The first-order valence-corrected chi connectivity index (χ1v) is 11.3. The molecule has 3 fully saturated rings. The zero-order valence-corrected chi connectivity index (χ0v) is 16.9. The molecule has 0 radical (unpaired) electrons. The first-order chi connectivity index (χ1) is 13.9. The Labute approximate surface area is 170 Å². The first kappa shape index (κ1) is 18.3. The monoisotopic (exact) mass is 406 g/mol. The summed E-state index contributed by atoms with van der Waals surface area (Å²) in [6.45, 7) is 1.89. The van der Waals surface area contributed by atoms with Gasteiger partial charge in [0.05, 0.1) is 4.90 Å². The van der Waals surface area contributed by atoms with Crippen molar-refractivity contribution >= 4 is 32.4 Å². The van der Waals surface area contributed by atoms with Crippen LogP contribution in [0.3, 0.4) is 0 Å². The molecule has 2 bridgehead atoms. The number of amides is 1. The van der Waals surface area contributed by atoms with E-state index in [-0.39, 0.29) is 16.3 Å². The van der Waals surface area contributed by atoms with Gasteiger partial charge in [0.1, 0.15) is 0 Å². The number of nitrogens with one attached hydrogen (secondary N) is 2. The maximum Gasteiger partial charge on any atom is 0.255 e. The molecule has 0 aromatic heterocycles. The molecule has 6 heteroatoms. The Hall–Kier alpha value is -2.70. The van der Waals surface area contributed by atoms with Gasteiger partial charge in [-0.15, -0.1) is 0 Å². The number of aryl methyl sites for hydroxylation is 1. The average molecular weight is 407 g/mol. The van der Waals surface area contributed by atoms with Crippen LogP contribution in [-0.2, 0) is 10.0 Å². The molecule has 0 saturated heterocycles. The Balaban J connectivity index is 1.51. The van der Waals surface area contributed by atoms with Crippen molar-refractivity contribution in [3.63, 3.8) is 0 Å². The predicted molar refractivity (Wildman–Crippen MR) is 113 cm³/mol. The number of carbonyl (C=O) groups excluding carboxylic acids is 1. The lowest BCUT2D eigenvalue weighted by atomic mass is 9.50. The van der Waals surface area contributed by atoms with Crippen molar-refractivity contribution in [1.82, 2.24) is 4.72 Å². The predicted octanol–water partition coefficient (Wildman–Crippen LogP) is 4.23. The van der Waals surface area contributed by atoms with E-state index in [0.29, 0.717) is 27.9 Å². The summed E-state index contributed by atoms with van der Waals surface area (Å²) in [5.41, 5.74) is 1.84. The maximum atomic E-state index is 13.1. The molecule has 29 heavy (non-hydrogen) atoms. The second-order valence-corrected chi connectivity index (χ2v) is 9.94. The summed E-state index contributed by atoms with van der Waals surface area (Å²) in [6, 6.07) is 17.9. The average Bonchev–Trinajstić information content (AvgIpc) is 2.64.